The van der Waals surface area contributed by atoms with E-state index in [2.05, 4.69) is 48.8 Å². The molecule has 13 heavy (non-hydrogen) atoms. The second-order valence-corrected chi connectivity index (χ2v) is 4.68. The van der Waals surface area contributed by atoms with Crippen LogP contribution in [0.3, 0.4) is 0 Å². The zero-order valence-electron chi connectivity index (χ0n) is 7.26. The van der Waals surface area contributed by atoms with Gasteiger partial charge in [0.1, 0.15) is 0 Å². The van der Waals surface area contributed by atoms with E-state index in [0.717, 1.165) is 23.3 Å². The summed E-state index contributed by atoms with van der Waals surface area (Å²) in [5.41, 5.74) is 1.09. The number of hydrogen-bond donors (Lipinski definition) is 1. The summed E-state index contributed by atoms with van der Waals surface area (Å²) < 4.78 is 2.24. The second kappa shape index (κ2) is 6.73. The van der Waals surface area contributed by atoms with E-state index in [0.29, 0.717) is 0 Å². The molecule has 0 aliphatic rings. The number of nitrogens with zero attached hydrogens (tertiary/aromatic N) is 1. The third kappa shape index (κ3) is 4.93. The zero-order chi connectivity index (χ0) is 9.52. The number of alkyl halides is 1. The quantitative estimate of drug-likeness (QED) is 0.499. The molecule has 0 unspecified atom stereocenters. The van der Waals surface area contributed by atoms with Gasteiger partial charge in [0.15, 0.2) is 0 Å². The molecule has 1 N–H and O–H groups in total. The van der Waals surface area contributed by atoms with Crippen molar-refractivity contribution in [3.63, 3.8) is 0 Å². The lowest BCUT2D eigenvalue weighted by Crippen LogP contribution is -2.15. The van der Waals surface area contributed by atoms with Crippen LogP contribution in [-0.4, -0.2) is 16.0 Å². The molecule has 72 valence electrons. The van der Waals surface area contributed by atoms with Crippen molar-refractivity contribution in [2.45, 2.75) is 13.0 Å². The van der Waals surface area contributed by atoms with Crippen LogP contribution in [0, 0.1) is 0 Å². The van der Waals surface area contributed by atoms with Crippen LogP contribution in [0.4, 0.5) is 0 Å². The Hall–Kier alpha value is 0.320. The molecule has 4 heteroatoms. The van der Waals surface area contributed by atoms with Gasteiger partial charge in [-0.1, -0.05) is 22.6 Å². The smallest absolute Gasteiger partial charge is 0.0542 e. The molecule has 0 bridgehead atoms. The van der Waals surface area contributed by atoms with Gasteiger partial charge < -0.3 is 5.32 Å². The number of rotatable bonds is 5. The average molecular weight is 355 g/mol. The van der Waals surface area contributed by atoms with E-state index in [1.165, 1.54) is 10.8 Å². The fourth-order valence-electron chi connectivity index (χ4n) is 0.919. The summed E-state index contributed by atoms with van der Waals surface area (Å²) in [7, 11) is 0. The summed E-state index contributed by atoms with van der Waals surface area (Å²) in [6.07, 6.45) is 3.05. The molecule has 0 aliphatic carbocycles. The maximum atomic E-state index is 4.26. The van der Waals surface area contributed by atoms with E-state index >= 15 is 0 Å². The molecule has 0 saturated carbocycles. The third-order valence-corrected chi connectivity index (χ3v) is 2.81. The molecule has 1 rings (SSSR count). The zero-order valence-corrected chi connectivity index (χ0v) is 11.0. The molecule has 0 saturated heterocycles. The van der Waals surface area contributed by atoms with Crippen LogP contribution in [-0.2, 0) is 6.54 Å². The first kappa shape index (κ1) is 11.4. The lowest BCUT2D eigenvalue weighted by Gasteiger charge is -2.02. The Labute approximate surface area is 101 Å². The standard InChI is InChI=1S/C9H12BrIN2/c10-8-2-3-9(13-6-8)7-12-5-1-4-11/h2-3,6,12H,1,4-5,7H2. The van der Waals surface area contributed by atoms with Crippen molar-refractivity contribution >= 4 is 38.5 Å². The largest absolute Gasteiger partial charge is 0.311 e. The molecule has 1 aromatic rings. The van der Waals surface area contributed by atoms with Crippen molar-refractivity contribution in [1.29, 1.82) is 0 Å². The molecule has 1 heterocycles. The molecule has 0 aliphatic heterocycles. The highest BCUT2D eigenvalue weighted by Gasteiger charge is 1.93. The molecule has 1 aromatic heterocycles. The van der Waals surface area contributed by atoms with Gasteiger partial charge in [0.05, 0.1) is 5.69 Å². The van der Waals surface area contributed by atoms with E-state index in [9.17, 15) is 0 Å². The Balaban J connectivity index is 2.25. The van der Waals surface area contributed by atoms with Crippen LogP contribution in [0.1, 0.15) is 12.1 Å². The van der Waals surface area contributed by atoms with Crippen molar-refractivity contribution in [1.82, 2.24) is 10.3 Å². The summed E-state index contributed by atoms with van der Waals surface area (Å²) >= 11 is 5.74. The topological polar surface area (TPSA) is 24.9 Å². The van der Waals surface area contributed by atoms with Crippen LogP contribution in [0.2, 0.25) is 0 Å². The fraction of sp³-hybridized carbons (Fsp3) is 0.444. The van der Waals surface area contributed by atoms with Crippen LogP contribution in [0.25, 0.3) is 0 Å². The van der Waals surface area contributed by atoms with Crippen LogP contribution in [0.5, 0.6) is 0 Å². The molecule has 0 radical (unpaired) electrons. The molecular formula is C9H12BrIN2. The fourth-order valence-corrected chi connectivity index (χ4v) is 1.54. The van der Waals surface area contributed by atoms with Gasteiger partial charge in [0, 0.05) is 21.6 Å². The van der Waals surface area contributed by atoms with Gasteiger partial charge >= 0.3 is 0 Å². The van der Waals surface area contributed by atoms with E-state index in [1.54, 1.807) is 0 Å². The predicted molar refractivity (Wildman–Crippen MR) is 67.1 cm³/mol. The Bertz CT molecular complexity index is 238. The van der Waals surface area contributed by atoms with Crippen molar-refractivity contribution in [2.24, 2.45) is 0 Å². The van der Waals surface area contributed by atoms with Crippen molar-refractivity contribution in [3.8, 4) is 0 Å². The summed E-state index contributed by atoms with van der Waals surface area (Å²) in [6.45, 7) is 1.94. The van der Waals surface area contributed by atoms with Gasteiger partial charge in [-0.15, -0.1) is 0 Å². The highest BCUT2D eigenvalue weighted by molar-refractivity contribution is 14.1. The van der Waals surface area contributed by atoms with Gasteiger partial charge in [-0.3, -0.25) is 4.98 Å². The first-order valence-corrected chi connectivity index (χ1v) is 6.52. The van der Waals surface area contributed by atoms with E-state index in [4.69, 9.17) is 0 Å². The highest BCUT2D eigenvalue weighted by atomic mass is 127. The third-order valence-electron chi connectivity index (χ3n) is 1.58. The van der Waals surface area contributed by atoms with Crippen molar-refractivity contribution < 1.29 is 0 Å². The second-order valence-electron chi connectivity index (χ2n) is 2.69. The number of aromatic nitrogens is 1. The number of nitrogens with one attached hydrogen (secondary N) is 1. The average Bonchev–Trinajstić information content (AvgIpc) is 2.15. The molecular weight excluding hydrogens is 343 g/mol. The van der Waals surface area contributed by atoms with E-state index in [1.807, 2.05) is 18.3 Å². The Kier molecular flexibility index (Phi) is 5.90. The van der Waals surface area contributed by atoms with E-state index in [-0.39, 0.29) is 0 Å². The van der Waals surface area contributed by atoms with Crippen LogP contribution >= 0.6 is 38.5 Å². The normalized spacial score (nSPS) is 10.3. The predicted octanol–water partition coefficient (Wildman–Crippen LogP) is 2.76. The minimum Gasteiger partial charge on any atom is -0.311 e. The summed E-state index contributed by atoms with van der Waals surface area (Å²) in [4.78, 5) is 4.26. The van der Waals surface area contributed by atoms with Gasteiger partial charge in [-0.05, 0) is 41.0 Å². The van der Waals surface area contributed by atoms with Gasteiger partial charge in [0.25, 0.3) is 0 Å². The molecule has 2 nitrogen and oxygen atoms in total. The Morgan fingerprint density at radius 3 is 2.92 bits per heavy atom. The summed E-state index contributed by atoms with van der Waals surface area (Å²) in [5.74, 6) is 0. The lowest BCUT2D eigenvalue weighted by atomic mass is 10.3. The molecule has 0 spiro atoms. The Morgan fingerprint density at radius 1 is 1.46 bits per heavy atom. The lowest BCUT2D eigenvalue weighted by molar-refractivity contribution is 0.670. The number of hydrogen-bond acceptors (Lipinski definition) is 2. The maximum absolute atomic E-state index is 4.26. The van der Waals surface area contributed by atoms with Crippen molar-refractivity contribution in [2.75, 3.05) is 11.0 Å². The summed E-state index contributed by atoms with van der Waals surface area (Å²) in [5, 5.41) is 3.34. The SMILES string of the molecule is Brc1ccc(CNCCCI)nc1. The van der Waals surface area contributed by atoms with Gasteiger partial charge in [-0.2, -0.15) is 0 Å². The molecule has 0 atom stereocenters. The first-order valence-electron chi connectivity index (χ1n) is 4.20. The molecule has 0 aromatic carbocycles. The number of halogens is 2. The summed E-state index contributed by atoms with van der Waals surface area (Å²) in [6, 6.07) is 4.05. The highest BCUT2D eigenvalue weighted by Crippen LogP contribution is 2.06. The maximum Gasteiger partial charge on any atom is 0.0542 e. The van der Waals surface area contributed by atoms with Crippen LogP contribution < -0.4 is 5.32 Å². The van der Waals surface area contributed by atoms with E-state index < -0.39 is 0 Å². The molecule has 0 amide bonds. The molecule has 0 fully saturated rings. The van der Waals surface area contributed by atoms with Crippen LogP contribution in [0.15, 0.2) is 22.8 Å². The van der Waals surface area contributed by atoms with Gasteiger partial charge in [0.2, 0.25) is 0 Å². The number of pyridine rings is 1. The first-order chi connectivity index (χ1) is 6.33. The Morgan fingerprint density at radius 2 is 2.31 bits per heavy atom. The monoisotopic (exact) mass is 354 g/mol. The van der Waals surface area contributed by atoms with Gasteiger partial charge in [-0.25, -0.2) is 0 Å². The van der Waals surface area contributed by atoms with Crippen molar-refractivity contribution in [3.05, 3.63) is 28.5 Å². The minimum absolute atomic E-state index is 0.865. The minimum atomic E-state index is 0.865.